The maximum atomic E-state index is 13.1. The summed E-state index contributed by atoms with van der Waals surface area (Å²) < 4.78 is 13.1. The number of pyridine rings is 1. The van der Waals surface area contributed by atoms with Crippen molar-refractivity contribution in [2.75, 3.05) is 11.9 Å². The lowest BCUT2D eigenvalue weighted by Gasteiger charge is -2.14. The largest absolute Gasteiger partial charge is 0.348 e. The van der Waals surface area contributed by atoms with E-state index in [2.05, 4.69) is 10.3 Å². The van der Waals surface area contributed by atoms with E-state index in [0.717, 1.165) is 0 Å². The van der Waals surface area contributed by atoms with Gasteiger partial charge in [0.15, 0.2) is 5.43 Å². The zero-order valence-electron chi connectivity index (χ0n) is 8.57. The Hall–Kier alpha value is -1.69. The van der Waals surface area contributed by atoms with E-state index in [9.17, 15) is 14.1 Å². The van der Waals surface area contributed by atoms with Gasteiger partial charge in [0, 0.05) is 24.9 Å². The van der Waals surface area contributed by atoms with Crippen LogP contribution >= 0.6 is 0 Å². The fourth-order valence-corrected chi connectivity index (χ4v) is 1.72. The molecule has 1 atom stereocenters. The minimum atomic E-state index is -0.747. The molecule has 0 saturated carbocycles. The first kappa shape index (κ1) is 10.8. The summed E-state index contributed by atoms with van der Waals surface area (Å²) in [5.74, 6) is -0.139. The van der Waals surface area contributed by atoms with Crippen molar-refractivity contribution in [1.29, 1.82) is 0 Å². The SMILES string of the molecule is O=C(Nc1cc(=O)cc[nH]1)C1CCCN1F. The maximum Gasteiger partial charge on any atom is 0.245 e. The van der Waals surface area contributed by atoms with Gasteiger partial charge in [-0.15, -0.1) is 9.60 Å². The molecule has 2 heterocycles. The van der Waals surface area contributed by atoms with Gasteiger partial charge < -0.3 is 10.3 Å². The molecule has 1 aromatic heterocycles. The highest BCUT2D eigenvalue weighted by atomic mass is 19.2. The molecule has 1 unspecified atom stereocenters. The third-order valence-corrected chi connectivity index (χ3v) is 2.52. The lowest BCUT2D eigenvalue weighted by Crippen LogP contribution is -2.35. The summed E-state index contributed by atoms with van der Waals surface area (Å²) in [6.07, 6.45) is 2.60. The van der Waals surface area contributed by atoms with E-state index in [0.29, 0.717) is 18.0 Å². The van der Waals surface area contributed by atoms with Crippen LogP contribution in [0.3, 0.4) is 0 Å². The van der Waals surface area contributed by atoms with Crippen molar-refractivity contribution in [2.24, 2.45) is 0 Å². The van der Waals surface area contributed by atoms with Crippen molar-refractivity contribution in [3.05, 3.63) is 28.6 Å². The second-order valence-electron chi connectivity index (χ2n) is 3.71. The molecular weight excluding hydrogens is 213 g/mol. The zero-order valence-corrected chi connectivity index (χ0v) is 8.57. The Morgan fingerprint density at radius 3 is 3.06 bits per heavy atom. The molecule has 0 aliphatic carbocycles. The Kier molecular flexibility index (Phi) is 3.00. The molecule has 1 aliphatic rings. The lowest BCUT2D eigenvalue weighted by atomic mass is 10.2. The molecule has 1 fully saturated rings. The van der Waals surface area contributed by atoms with Crippen molar-refractivity contribution in [3.8, 4) is 0 Å². The Balaban J connectivity index is 2.04. The normalized spacial score (nSPS) is 20.9. The molecule has 0 spiro atoms. The number of carbonyl (C=O) groups excluding carboxylic acids is 1. The van der Waals surface area contributed by atoms with Gasteiger partial charge in [-0.05, 0) is 12.8 Å². The van der Waals surface area contributed by atoms with Crippen molar-refractivity contribution in [3.63, 3.8) is 0 Å². The van der Waals surface area contributed by atoms with E-state index in [1.807, 2.05) is 0 Å². The number of hydrogen-bond donors (Lipinski definition) is 2. The second-order valence-corrected chi connectivity index (χ2v) is 3.71. The van der Waals surface area contributed by atoms with Crippen LogP contribution in [-0.4, -0.2) is 28.6 Å². The number of halogens is 1. The molecule has 0 bridgehead atoms. The number of rotatable bonds is 2. The predicted octanol–water partition coefficient (Wildman–Crippen LogP) is 0.662. The third kappa shape index (κ3) is 2.27. The molecule has 16 heavy (non-hydrogen) atoms. The van der Waals surface area contributed by atoms with Gasteiger partial charge in [0.25, 0.3) is 0 Å². The number of H-pyrrole nitrogens is 1. The summed E-state index contributed by atoms with van der Waals surface area (Å²) in [6, 6.07) is 1.85. The van der Waals surface area contributed by atoms with Gasteiger partial charge in [-0.3, -0.25) is 9.59 Å². The molecule has 6 heteroatoms. The molecular formula is C10H12FN3O2. The fraction of sp³-hybridized carbons (Fsp3) is 0.400. The van der Waals surface area contributed by atoms with Crippen LogP contribution in [-0.2, 0) is 4.79 Å². The van der Waals surface area contributed by atoms with Crippen LogP contribution < -0.4 is 10.7 Å². The topological polar surface area (TPSA) is 65.2 Å². The Labute approximate surface area is 91.2 Å². The lowest BCUT2D eigenvalue weighted by molar-refractivity contribution is -0.125. The van der Waals surface area contributed by atoms with Crippen molar-refractivity contribution in [2.45, 2.75) is 18.9 Å². The smallest absolute Gasteiger partial charge is 0.245 e. The van der Waals surface area contributed by atoms with Crippen LogP contribution in [0.25, 0.3) is 0 Å². The Bertz CT molecular complexity index is 446. The van der Waals surface area contributed by atoms with Crippen LogP contribution in [0.1, 0.15) is 12.8 Å². The average molecular weight is 225 g/mol. The summed E-state index contributed by atoms with van der Waals surface area (Å²) in [5, 5.41) is 3.00. The summed E-state index contributed by atoms with van der Waals surface area (Å²) in [4.78, 5) is 25.3. The van der Waals surface area contributed by atoms with E-state index in [1.54, 1.807) is 0 Å². The van der Waals surface area contributed by atoms with Crippen molar-refractivity contribution >= 4 is 11.7 Å². The van der Waals surface area contributed by atoms with Gasteiger partial charge in [-0.2, -0.15) is 0 Å². The molecule has 1 aliphatic heterocycles. The van der Waals surface area contributed by atoms with E-state index in [1.165, 1.54) is 18.3 Å². The van der Waals surface area contributed by atoms with Gasteiger partial charge >= 0.3 is 0 Å². The molecule has 5 nitrogen and oxygen atoms in total. The highest BCUT2D eigenvalue weighted by Gasteiger charge is 2.31. The van der Waals surface area contributed by atoms with Crippen molar-refractivity contribution < 1.29 is 9.28 Å². The molecule has 1 saturated heterocycles. The molecule has 1 amide bonds. The molecule has 0 aromatic carbocycles. The molecule has 2 rings (SSSR count). The van der Waals surface area contributed by atoms with Crippen LogP contribution in [0, 0.1) is 0 Å². The average Bonchev–Trinajstić information content (AvgIpc) is 2.64. The minimum Gasteiger partial charge on any atom is -0.348 e. The Morgan fingerprint density at radius 2 is 2.44 bits per heavy atom. The minimum absolute atomic E-state index is 0.211. The number of aromatic nitrogens is 1. The number of hydrogen-bond acceptors (Lipinski definition) is 3. The summed E-state index contributed by atoms with van der Waals surface area (Å²) in [7, 11) is 0. The Morgan fingerprint density at radius 1 is 1.62 bits per heavy atom. The summed E-state index contributed by atoms with van der Waals surface area (Å²) in [6.45, 7) is 0.281. The van der Waals surface area contributed by atoms with Crippen LogP contribution in [0.4, 0.5) is 10.3 Å². The highest BCUT2D eigenvalue weighted by molar-refractivity contribution is 5.94. The van der Waals surface area contributed by atoms with Crippen LogP contribution in [0.5, 0.6) is 0 Å². The molecule has 1 aromatic rings. The van der Waals surface area contributed by atoms with E-state index < -0.39 is 11.9 Å². The fourth-order valence-electron chi connectivity index (χ4n) is 1.72. The van der Waals surface area contributed by atoms with Gasteiger partial charge in [-0.25, -0.2) is 0 Å². The molecule has 2 N–H and O–H groups in total. The first-order valence-electron chi connectivity index (χ1n) is 5.09. The summed E-state index contributed by atoms with van der Waals surface area (Å²) >= 11 is 0. The van der Waals surface area contributed by atoms with Gasteiger partial charge in [0.1, 0.15) is 11.9 Å². The first-order valence-corrected chi connectivity index (χ1v) is 5.09. The standard InChI is InChI=1S/C10H12FN3O2/c11-14-5-1-2-8(14)10(16)13-9-6-7(15)3-4-12-9/h3-4,6,8H,1-2,5H2,(H2,12,13,15,16). The van der Waals surface area contributed by atoms with Crippen LogP contribution in [0.2, 0.25) is 0 Å². The van der Waals surface area contributed by atoms with Gasteiger partial charge in [0.05, 0.1) is 0 Å². The zero-order chi connectivity index (χ0) is 11.5. The predicted molar refractivity (Wildman–Crippen MR) is 56.5 cm³/mol. The highest BCUT2D eigenvalue weighted by Crippen LogP contribution is 2.18. The molecule has 86 valence electrons. The first-order chi connectivity index (χ1) is 7.66. The number of anilines is 1. The monoisotopic (exact) mass is 225 g/mol. The van der Waals surface area contributed by atoms with Gasteiger partial charge in [0.2, 0.25) is 5.91 Å². The number of nitrogens with zero attached hydrogens (tertiary/aromatic N) is 1. The number of aromatic amines is 1. The van der Waals surface area contributed by atoms with E-state index >= 15 is 0 Å². The quantitative estimate of drug-likeness (QED) is 0.727. The number of carbonyl (C=O) groups is 1. The van der Waals surface area contributed by atoms with Gasteiger partial charge in [-0.1, -0.05) is 0 Å². The molecule has 0 radical (unpaired) electrons. The van der Waals surface area contributed by atoms with E-state index in [-0.39, 0.29) is 17.8 Å². The van der Waals surface area contributed by atoms with E-state index in [4.69, 9.17) is 0 Å². The third-order valence-electron chi connectivity index (χ3n) is 2.52. The second kappa shape index (κ2) is 4.44. The number of amides is 1. The van der Waals surface area contributed by atoms with Crippen LogP contribution in [0.15, 0.2) is 23.1 Å². The summed E-state index contributed by atoms with van der Waals surface area (Å²) in [5.41, 5.74) is -0.211. The van der Waals surface area contributed by atoms with Crippen molar-refractivity contribution in [1.82, 2.24) is 10.1 Å². The number of nitrogens with one attached hydrogen (secondary N) is 2. The maximum absolute atomic E-state index is 13.1.